The third-order valence-corrected chi connectivity index (χ3v) is 9.39. The van der Waals surface area contributed by atoms with Crippen LogP contribution in [0.2, 0.25) is 0 Å². The van der Waals surface area contributed by atoms with Gasteiger partial charge in [-0.3, -0.25) is 13.8 Å². The summed E-state index contributed by atoms with van der Waals surface area (Å²) in [5.74, 6) is -0.238. The number of hydrogen-bond acceptors (Lipinski definition) is 6. The highest BCUT2D eigenvalue weighted by Crippen LogP contribution is 2.43. The van der Waals surface area contributed by atoms with Crippen molar-refractivity contribution in [2.75, 3.05) is 40.9 Å². The van der Waals surface area contributed by atoms with Crippen LogP contribution >= 0.6 is 7.82 Å². The first-order valence-corrected chi connectivity index (χ1v) is 21.1. The maximum Gasteiger partial charge on any atom is 0.472 e. The van der Waals surface area contributed by atoms with Gasteiger partial charge in [0.05, 0.1) is 46.0 Å². The number of likely N-dealkylation sites (N-methyl/N-ethyl adjacent to an activating group) is 1. The van der Waals surface area contributed by atoms with Crippen LogP contribution in [0.3, 0.4) is 0 Å². The van der Waals surface area contributed by atoms with Gasteiger partial charge in [-0.25, -0.2) is 4.57 Å². The molecule has 0 rings (SSSR count). The maximum absolute atomic E-state index is 12.8. The Morgan fingerprint density at radius 1 is 0.760 bits per heavy atom. The van der Waals surface area contributed by atoms with E-state index >= 15 is 0 Å². The summed E-state index contributed by atoms with van der Waals surface area (Å²) < 4.78 is 23.4. The predicted molar refractivity (Wildman–Crippen MR) is 209 cm³/mol. The van der Waals surface area contributed by atoms with Gasteiger partial charge in [0, 0.05) is 6.42 Å². The number of rotatable bonds is 34. The molecule has 0 aliphatic heterocycles. The average molecular weight is 728 g/mol. The Morgan fingerprint density at radius 2 is 1.38 bits per heavy atom. The molecule has 4 atom stereocenters. The molecule has 0 spiro atoms. The molecule has 0 aromatic heterocycles. The SMILES string of the molecule is CC/C=C/C/C=C/C=C/C(O)CCCCCCCC(=O)N[C@@H](COP(=O)(O)OCC[N+](C)(C)C)[C@H](O)/C=C/CCCCCCCCCCCC. The predicted octanol–water partition coefficient (Wildman–Crippen LogP) is 9.10. The minimum absolute atomic E-state index is 0.0415. The molecule has 0 heterocycles. The standard InChI is InChI=1S/C40H75N2O7P/c1-6-8-10-12-14-15-16-17-18-20-24-28-32-39(44)38(36-49-50(46,47)48-35-34-42(3,4)5)41-40(45)33-29-25-21-23-27-31-37(43)30-26-22-19-13-11-9-7-2/h9,11,19,22,26,28,30,32,37-39,43-44H,6-8,10,12-18,20-21,23-25,27,29,31,33-36H2,1-5H3,(H-,41,45,46,47)/p+1/b11-9+,22-19+,30-26+,32-28+/t37?,38-,39+/m0/s1. The summed E-state index contributed by atoms with van der Waals surface area (Å²) in [6.07, 6.45) is 34.8. The Morgan fingerprint density at radius 3 is 2.02 bits per heavy atom. The van der Waals surface area contributed by atoms with Gasteiger partial charge in [-0.2, -0.15) is 0 Å². The minimum atomic E-state index is -4.36. The maximum atomic E-state index is 12.8. The summed E-state index contributed by atoms with van der Waals surface area (Å²) in [6.45, 7) is 4.56. The van der Waals surface area contributed by atoms with Crippen molar-refractivity contribution in [1.29, 1.82) is 0 Å². The van der Waals surface area contributed by atoms with E-state index in [1.54, 1.807) is 6.08 Å². The Hall–Kier alpha value is -1.58. The molecule has 0 aliphatic rings. The molecule has 0 fully saturated rings. The molecule has 4 N–H and O–H groups in total. The number of unbranched alkanes of at least 4 members (excludes halogenated alkanes) is 14. The highest BCUT2D eigenvalue weighted by atomic mass is 31.2. The summed E-state index contributed by atoms with van der Waals surface area (Å²) in [6, 6.07) is -0.883. The zero-order valence-corrected chi connectivity index (χ0v) is 33.4. The zero-order valence-electron chi connectivity index (χ0n) is 32.5. The number of aliphatic hydroxyl groups is 2. The van der Waals surface area contributed by atoms with Crippen molar-refractivity contribution in [2.45, 2.75) is 161 Å². The van der Waals surface area contributed by atoms with Crippen molar-refractivity contribution in [2.24, 2.45) is 0 Å². The van der Waals surface area contributed by atoms with Gasteiger partial charge in [-0.15, -0.1) is 0 Å². The Kier molecular flexibility index (Phi) is 31.1. The quantitative estimate of drug-likeness (QED) is 0.0171. The summed E-state index contributed by atoms with van der Waals surface area (Å²) in [5, 5.41) is 23.9. The van der Waals surface area contributed by atoms with E-state index in [-0.39, 0.29) is 25.5 Å². The Balaban J connectivity index is 4.62. The van der Waals surface area contributed by atoms with Gasteiger partial charge in [-0.1, -0.05) is 146 Å². The molecule has 0 aliphatic carbocycles. The lowest BCUT2D eigenvalue weighted by molar-refractivity contribution is -0.870. The van der Waals surface area contributed by atoms with E-state index in [2.05, 4.69) is 37.4 Å². The molecule has 9 nitrogen and oxygen atoms in total. The average Bonchev–Trinajstić information content (AvgIpc) is 3.05. The van der Waals surface area contributed by atoms with Crippen molar-refractivity contribution < 1.29 is 38.0 Å². The van der Waals surface area contributed by atoms with Crippen molar-refractivity contribution in [1.82, 2.24) is 5.32 Å². The molecule has 0 aromatic rings. The summed E-state index contributed by atoms with van der Waals surface area (Å²) in [7, 11) is 1.50. The summed E-state index contributed by atoms with van der Waals surface area (Å²) in [4.78, 5) is 23.0. The fourth-order valence-corrected chi connectivity index (χ4v) is 5.96. The third kappa shape index (κ3) is 33.6. The topological polar surface area (TPSA) is 125 Å². The molecule has 0 saturated carbocycles. The molecule has 10 heteroatoms. The lowest BCUT2D eigenvalue weighted by Gasteiger charge is -2.25. The number of allylic oxidation sites excluding steroid dienone is 6. The number of aliphatic hydroxyl groups excluding tert-OH is 2. The van der Waals surface area contributed by atoms with Crippen LogP contribution in [-0.2, 0) is 18.4 Å². The lowest BCUT2D eigenvalue weighted by atomic mass is 10.0. The second-order valence-corrected chi connectivity index (χ2v) is 15.9. The first-order valence-electron chi connectivity index (χ1n) is 19.6. The van der Waals surface area contributed by atoms with Crippen LogP contribution in [0.15, 0.2) is 48.6 Å². The number of phosphoric ester groups is 1. The van der Waals surface area contributed by atoms with Gasteiger partial charge < -0.3 is 24.9 Å². The number of quaternary nitrogens is 1. The van der Waals surface area contributed by atoms with Crippen LogP contribution in [0.5, 0.6) is 0 Å². The highest BCUT2D eigenvalue weighted by molar-refractivity contribution is 7.47. The van der Waals surface area contributed by atoms with Crippen molar-refractivity contribution in [3.63, 3.8) is 0 Å². The van der Waals surface area contributed by atoms with Gasteiger partial charge in [0.25, 0.3) is 0 Å². The molecular weight excluding hydrogens is 651 g/mol. The van der Waals surface area contributed by atoms with E-state index in [0.717, 1.165) is 57.8 Å². The molecule has 0 aromatic carbocycles. The third-order valence-electron chi connectivity index (χ3n) is 8.41. The van der Waals surface area contributed by atoms with Crippen LogP contribution < -0.4 is 5.32 Å². The van der Waals surface area contributed by atoms with Gasteiger partial charge >= 0.3 is 7.82 Å². The largest absolute Gasteiger partial charge is 0.472 e. The van der Waals surface area contributed by atoms with E-state index < -0.39 is 26.1 Å². The Bertz CT molecular complexity index is 977. The van der Waals surface area contributed by atoms with Crippen LogP contribution in [0.25, 0.3) is 0 Å². The fraction of sp³-hybridized carbons (Fsp3) is 0.775. The fourth-order valence-electron chi connectivity index (χ4n) is 5.22. The molecule has 0 saturated heterocycles. The number of nitrogens with zero attached hydrogens (tertiary/aromatic N) is 1. The smallest absolute Gasteiger partial charge is 0.389 e. The molecule has 2 unspecified atom stereocenters. The molecular formula is C40H76N2O7P+. The van der Waals surface area contributed by atoms with E-state index in [0.29, 0.717) is 23.9 Å². The van der Waals surface area contributed by atoms with Crippen LogP contribution in [0.1, 0.15) is 142 Å². The zero-order chi connectivity index (χ0) is 37.4. The molecule has 50 heavy (non-hydrogen) atoms. The lowest BCUT2D eigenvalue weighted by Crippen LogP contribution is -2.45. The summed E-state index contributed by atoms with van der Waals surface area (Å²) >= 11 is 0. The molecule has 292 valence electrons. The minimum Gasteiger partial charge on any atom is -0.389 e. The second kappa shape index (κ2) is 32.1. The number of carbonyl (C=O) groups excluding carboxylic acids is 1. The van der Waals surface area contributed by atoms with Gasteiger partial charge in [0.15, 0.2) is 0 Å². The Labute approximate surface area is 306 Å². The van der Waals surface area contributed by atoms with Crippen LogP contribution in [0, 0.1) is 0 Å². The monoisotopic (exact) mass is 728 g/mol. The second-order valence-electron chi connectivity index (χ2n) is 14.5. The van der Waals surface area contributed by atoms with E-state index in [4.69, 9.17) is 9.05 Å². The summed E-state index contributed by atoms with van der Waals surface area (Å²) in [5.41, 5.74) is 0. The van der Waals surface area contributed by atoms with E-state index in [1.165, 1.54) is 51.4 Å². The van der Waals surface area contributed by atoms with Gasteiger partial charge in [0.1, 0.15) is 13.2 Å². The number of phosphoric acid groups is 1. The highest BCUT2D eigenvalue weighted by Gasteiger charge is 2.27. The number of nitrogens with one attached hydrogen (secondary N) is 1. The van der Waals surface area contributed by atoms with E-state index in [1.807, 2.05) is 45.4 Å². The number of amides is 1. The van der Waals surface area contributed by atoms with Crippen molar-refractivity contribution in [3.8, 4) is 0 Å². The molecule has 1 amide bonds. The van der Waals surface area contributed by atoms with Crippen LogP contribution in [-0.4, -0.2) is 84.6 Å². The van der Waals surface area contributed by atoms with E-state index in [9.17, 15) is 24.5 Å². The van der Waals surface area contributed by atoms with Gasteiger partial charge in [0.2, 0.25) is 5.91 Å². The normalized spacial score (nSPS) is 15.8. The van der Waals surface area contributed by atoms with Crippen LogP contribution in [0.4, 0.5) is 0 Å². The molecule has 0 bridgehead atoms. The van der Waals surface area contributed by atoms with Crippen molar-refractivity contribution >= 4 is 13.7 Å². The van der Waals surface area contributed by atoms with Crippen molar-refractivity contribution in [3.05, 3.63) is 48.6 Å². The first-order chi connectivity index (χ1) is 23.9. The van der Waals surface area contributed by atoms with Gasteiger partial charge in [-0.05, 0) is 38.5 Å². The number of hydrogen-bond donors (Lipinski definition) is 4. The first kappa shape index (κ1) is 48.4. The molecule has 0 radical (unpaired) electrons. The number of carbonyl (C=O) groups is 1.